The molecular formula is C20H30FNO4. The van der Waals surface area contributed by atoms with Gasteiger partial charge in [0.25, 0.3) is 0 Å². The zero-order valence-electron chi connectivity index (χ0n) is 14.9. The molecule has 0 amide bonds. The van der Waals surface area contributed by atoms with Gasteiger partial charge < -0.3 is 14.6 Å². The van der Waals surface area contributed by atoms with Crippen LogP contribution >= 0.6 is 0 Å². The summed E-state index contributed by atoms with van der Waals surface area (Å²) in [4.78, 5) is 13.9. The predicted octanol–water partition coefficient (Wildman–Crippen LogP) is 3.76. The second-order valence-corrected chi connectivity index (χ2v) is 7.24. The Morgan fingerprint density at radius 3 is 2.46 bits per heavy atom. The molecule has 2 heterocycles. The van der Waals surface area contributed by atoms with Gasteiger partial charge in [0, 0.05) is 18.8 Å². The van der Waals surface area contributed by atoms with Crippen LogP contribution in [0.3, 0.4) is 0 Å². The van der Waals surface area contributed by atoms with E-state index in [1.165, 1.54) is 13.2 Å². The largest absolute Gasteiger partial charge is 0.493 e. The van der Waals surface area contributed by atoms with E-state index in [-0.39, 0.29) is 18.6 Å². The van der Waals surface area contributed by atoms with Crippen molar-refractivity contribution in [3.05, 3.63) is 29.1 Å². The van der Waals surface area contributed by atoms with Crippen LogP contribution < -0.4 is 4.74 Å². The van der Waals surface area contributed by atoms with Crippen molar-refractivity contribution in [3.63, 3.8) is 0 Å². The summed E-state index contributed by atoms with van der Waals surface area (Å²) in [7, 11) is 1.39. The van der Waals surface area contributed by atoms with Gasteiger partial charge in [-0.05, 0) is 61.9 Å². The van der Waals surface area contributed by atoms with Gasteiger partial charge in [-0.3, -0.25) is 9.69 Å². The summed E-state index contributed by atoms with van der Waals surface area (Å²) in [6, 6.07) is 2.45. The number of nitrogens with zero attached hydrogens (tertiary/aromatic N) is 1. The van der Waals surface area contributed by atoms with Gasteiger partial charge in [-0.2, -0.15) is 0 Å². The summed E-state index contributed by atoms with van der Waals surface area (Å²) < 4.78 is 25.5. The topological polar surface area (TPSA) is 59.0 Å². The van der Waals surface area contributed by atoms with Crippen molar-refractivity contribution in [1.82, 2.24) is 4.90 Å². The smallest absolute Gasteiger partial charge is 0.325 e. The Hall–Kier alpha value is -1.66. The molecular weight excluding hydrogens is 337 g/mol. The molecule has 3 rings (SSSR count). The number of ether oxygens (including phenoxy) is 2. The lowest BCUT2D eigenvalue weighted by Crippen LogP contribution is -2.34. The lowest BCUT2D eigenvalue weighted by molar-refractivity contribution is -0.143. The first-order chi connectivity index (χ1) is 12.0. The summed E-state index contributed by atoms with van der Waals surface area (Å²) in [5.41, 5.74) is 1.03. The first-order valence-corrected chi connectivity index (χ1v) is 8.89. The van der Waals surface area contributed by atoms with Gasteiger partial charge in [0.2, 0.25) is 0 Å². The maximum atomic E-state index is 14.8. The number of carboxylic acid groups (broad SMARTS) is 1. The molecule has 1 unspecified atom stereocenters. The molecule has 0 saturated carbocycles. The lowest BCUT2D eigenvalue weighted by atomic mass is 9.75. The number of likely N-dealkylation sites (tertiary alicyclic amines) is 1. The van der Waals surface area contributed by atoms with E-state index in [2.05, 4.69) is 6.92 Å². The molecule has 146 valence electrons. The van der Waals surface area contributed by atoms with E-state index in [4.69, 9.17) is 9.47 Å². The van der Waals surface area contributed by atoms with Crippen LogP contribution in [0.15, 0.2) is 12.1 Å². The fourth-order valence-electron chi connectivity index (χ4n) is 3.98. The standard InChI is InChI=1S/C19H26FNO4.CH4/c1-19(5-9-25-10-6-19)13-11-14(17(24-2)15(20)12-13)16(18(22)23)21-7-3-4-8-21;/h11-12,16H,3-10H2,1-2H3,(H,22,23);1H4. The number of halogens is 1. The van der Waals surface area contributed by atoms with Gasteiger partial charge in [-0.15, -0.1) is 0 Å². The van der Waals surface area contributed by atoms with Crippen molar-refractivity contribution in [1.29, 1.82) is 0 Å². The van der Waals surface area contributed by atoms with Crippen molar-refractivity contribution >= 4 is 5.97 Å². The lowest BCUT2D eigenvalue weighted by Gasteiger charge is -2.35. The molecule has 2 fully saturated rings. The van der Waals surface area contributed by atoms with Crippen molar-refractivity contribution in [2.75, 3.05) is 33.4 Å². The Kier molecular flexibility index (Phi) is 6.64. The minimum absolute atomic E-state index is 0. The number of hydrogen-bond donors (Lipinski definition) is 1. The molecule has 0 spiro atoms. The molecule has 2 aliphatic heterocycles. The minimum atomic E-state index is -0.964. The van der Waals surface area contributed by atoms with Crippen molar-refractivity contribution < 1.29 is 23.8 Å². The van der Waals surface area contributed by atoms with Crippen LogP contribution in [0.5, 0.6) is 5.75 Å². The summed E-state index contributed by atoms with van der Waals surface area (Å²) in [6.45, 7) is 4.77. The Morgan fingerprint density at radius 1 is 1.31 bits per heavy atom. The highest BCUT2D eigenvalue weighted by molar-refractivity contribution is 5.77. The number of aliphatic carboxylic acids is 1. The molecule has 1 aromatic carbocycles. The van der Waals surface area contributed by atoms with E-state index in [0.717, 1.165) is 31.2 Å². The highest BCUT2D eigenvalue weighted by Gasteiger charge is 2.36. The molecule has 26 heavy (non-hydrogen) atoms. The highest BCUT2D eigenvalue weighted by atomic mass is 19.1. The first-order valence-electron chi connectivity index (χ1n) is 8.89. The SMILES string of the molecule is C.COc1c(F)cc(C2(C)CCOCC2)cc1C(C(=O)O)N1CCCC1. The molecule has 5 nitrogen and oxygen atoms in total. The van der Waals surface area contributed by atoms with E-state index in [9.17, 15) is 14.3 Å². The minimum Gasteiger partial charge on any atom is -0.493 e. The second-order valence-electron chi connectivity index (χ2n) is 7.24. The fourth-order valence-corrected chi connectivity index (χ4v) is 3.98. The Labute approximate surface area is 155 Å². The molecule has 1 atom stereocenters. The average molecular weight is 367 g/mol. The predicted molar refractivity (Wildman–Crippen MR) is 98.3 cm³/mol. The number of methoxy groups -OCH3 is 1. The number of rotatable bonds is 5. The van der Waals surface area contributed by atoms with E-state index < -0.39 is 17.8 Å². The van der Waals surface area contributed by atoms with Crippen molar-refractivity contribution in [2.45, 2.75) is 51.5 Å². The normalized spacial score (nSPS) is 21.0. The molecule has 2 saturated heterocycles. The monoisotopic (exact) mass is 367 g/mol. The van der Waals surface area contributed by atoms with E-state index in [1.807, 2.05) is 11.0 Å². The molecule has 2 aliphatic rings. The quantitative estimate of drug-likeness (QED) is 0.859. The number of carbonyl (C=O) groups is 1. The third-order valence-corrected chi connectivity index (χ3v) is 5.60. The first kappa shape index (κ1) is 20.6. The third-order valence-electron chi connectivity index (χ3n) is 5.60. The number of hydrogen-bond acceptors (Lipinski definition) is 4. The molecule has 1 N–H and O–H groups in total. The van der Waals surface area contributed by atoms with Crippen LogP contribution in [-0.2, 0) is 14.9 Å². The molecule has 0 radical (unpaired) electrons. The molecule has 0 bridgehead atoms. The van der Waals surface area contributed by atoms with Crippen LogP contribution in [0.2, 0.25) is 0 Å². The zero-order valence-corrected chi connectivity index (χ0v) is 14.9. The number of benzene rings is 1. The summed E-state index contributed by atoms with van der Waals surface area (Å²) in [5, 5.41) is 9.82. The fraction of sp³-hybridized carbons (Fsp3) is 0.650. The molecule has 0 aliphatic carbocycles. The van der Waals surface area contributed by atoms with Gasteiger partial charge in [0.1, 0.15) is 6.04 Å². The van der Waals surface area contributed by atoms with Crippen LogP contribution in [-0.4, -0.2) is 49.4 Å². The zero-order chi connectivity index (χ0) is 18.0. The Balaban J connectivity index is 0.00000243. The van der Waals surface area contributed by atoms with E-state index >= 15 is 0 Å². The summed E-state index contributed by atoms with van der Waals surface area (Å²) in [5.74, 6) is -1.42. The second kappa shape index (κ2) is 8.35. The van der Waals surface area contributed by atoms with Crippen LogP contribution in [0, 0.1) is 5.82 Å². The van der Waals surface area contributed by atoms with E-state index in [1.54, 1.807) is 0 Å². The van der Waals surface area contributed by atoms with Gasteiger partial charge in [-0.1, -0.05) is 14.4 Å². The maximum absolute atomic E-state index is 14.8. The van der Waals surface area contributed by atoms with Gasteiger partial charge in [0.05, 0.1) is 7.11 Å². The van der Waals surface area contributed by atoms with Crippen LogP contribution in [0.1, 0.15) is 57.2 Å². The maximum Gasteiger partial charge on any atom is 0.325 e. The highest BCUT2D eigenvalue weighted by Crippen LogP contribution is 2.41. The van der Waals surface area contributed by atoms with E-state index in [0.29, 0.717) is 31.9 Å². The Morgan fingerprint density at radius 2 is 1.92 bits per heavy atom. The molecule has 1 aromatic rings. The summed E-state index contributed by atoms with van der Waals surface area (Å²) in [6.07, 6.45) is 3.51. The molecule has 6 heteroatoms. The molecule has 0 aromatic heterocycles. The van der Waals surface area contributed by atoms with Crippen LogP contribution in [0.4, 0.5) is 4.39 Å². The van der Waals surface area contributed by atoms with Crippen molar-refractivity contribution in [3.8, 4) is 5.75 Å². The Bertz CT molecular complexity index is 637. The third kappa shape index (κ3) is 3.86. The van der Waals surface area contributed by atoms with Gasteiger partial charge >= 0.3 is 5.97 Å². The average Bonchev–Trinajstić information content (AvgIpc) is 3.09. The number of carboxylic acids is 1. The van der Waals surface area contributed by atoms with Gasteiger partial charge in [-0.25, -0.2) is 4.39 Å². The summed E-state index contributed by atoms with van der Waals surface area (Å²) >= 11 is 0. The van der Waals surface area contributed by atoms with Gasteiger partial charge in [0.15, 0.2) is 11.6 Å². The van der Waals surface area contributed by atoms with Crippen LogP contribution in [0.25, 0.3) is 0 Å². The van der Waals surface area contributed by atoms with Crippen molar-refractivity contribution in [2.24, 2.45) is 0 Å².